The first-order valence-corrected chi connectivity index (χ1v) is 9.40. The minimum atomic E-state index is -0.509. The predicted octanol–water partition coefficient (Wildman–Crippen LogP) is 4.19. The summed E-state index contributed by atoms with van der Waals surface area (Å²) in [5.41, 5.74) is 7.36. The number of nitrogens with one attached hydrogen (secondary N) is 1. The normalized spacial score (nSPS) is 13.0. The zero-order valence-electron chi connectivity index (χ0n) is 14.5. The Balaban J connectivity index is 1.58. The SMILES string of the molecule is Nc1c(C(=O)Nc2ccccc2F)sc2nc3cc4c(cc3cc12)OCCO4. The summed E-state index contributed by atoms with van der Waals surface area (Å²) in [7, 11) is 0. The summed E-state index contributed by atoms with van der Waals surface area (Å²) in [4.78, 5) is 18.2. The van der Waals surface area contributed by atoms with Gasteiger partial charge in [-0.25, -0.2) is 9.37 Å². The van der Waals surface area contributed by atoms with Gasteiger partial charge in [0.15, 0.2) is 11.5 Å². The Bertz CT molecular complexity index is 1250. The van der Waals surface area contributed by atoms with Crippen molar-refractivity contribution in [1.29, 1.82) is 0 Å². The number of fused-ring (bicyclic) bond motifs is 3. The maximum Gasteiger partial charge on any atom is 0.268 e. The third-order valence-corrected chi connectivity index (χ3v) is 5.62. The molecule has 0 fully saturated rings. The molecular weight excluding hydrogens is 381 g/mol. The number of nitrogens with zero attached hydrogens (tertiary/aromatic N) is 1. The molecule has 0 aliphatic carbocycles. The smallest absolute Gasteiger partial charge is 0.268 e. The minimum absolute atomic E-state index is 0.101. The monoisotopic (exact) mass is 395 g/mol. The number of benzene rings is 2. The van der Waals surface area contributed by atoms with E-state index in [0.717, 1.165) is 10.9 Å². The Hall–Kier alpha value is -3.39. The van der Waals surface area contributed by atoms with E-state index in [0.29, 0.717) is 45.5 Å². The number of anilines is 2. The van der Waals surface area contributed by atoms with Gasteiger partial charge in [0.05, 0.1) is 16.9 Å². The van der Waals surface area contributed by atoms with Crippen LogP contribution in [0.1, 0.15) is 9.67 Å². The average Bonchev–Trinajstić information content (AvgIpc) is 3.02. The summed E-state index contributed by atoms with van der Waals surface area (Å²) in [5, 5.41) is 4.07. The lowest BCUT2D eigenvalue weighted by Crippen LogP contribution is -2.15. The molecule has 5 rings (SSSR count). The van der Waals surface area contributed by atoms with E-state index in [1.54, 1.807) is 12.1 Å². The third kappa shape index (κ3) is 2.69. The van der Waals surface area contributed by atoms with Gasteiger partial charge in [-0.3, -0.25) is 4.79 Å². The van der Waals surface area contributed by atoms with Crippen molar-refractivity contribution in [3.63, 3.8) is 0 Å². The number of aromatic nitrogens is 1. The van der Waals surface area contributed by atoms with Gasteiger partial charge in [-0.15, -0.1) is 11.3 Å². The second-order valence-corrected chi connectivity index (χ2v) is 7.31. The fourth-order valence-corrected chi connectivity index (χ4v) is 4.13. The molecular formula is C20H14FN3O3S. The first-order valence-electron chi connectivity index (χ1n) is 8.58. The molecule has 1 aliphatic heterocycles. The summed E-state index contributed by atoms with van der Waals surface area (Å²) < 4.78 is 25.0. The Morgan fingerprint density at radius 1 is 1.14 bits per heavy atom. The maximum atomic E-state index is 13.8. The number of carbonyl (C=O) groups excluding carboxylic acids is 1. The number of halogens is 1. The molecule has 3 heterocycles. The van der Waals surface area contributed by atoms with E-state index in [1.165, 1.54) is 23.5 Å². The molecule has 2 aromatic heterocycles. The molecule has 2 aromatic carbocycles. The van der Waals surface area contributed by atoms with Gasteiger partial charge in [-0.05, 0) is 24.3 Å². The lowest BCUT2D eigenvalue weighted by Gasteiger charge is -2.18. The van der Waals surface area contributed by atoms with Gasteiger partial charge in [-0.1, -0.05) is 12.1 Å². The maximum absolute atomic E-state index is 13.8. The number of pyridine rings is 1. The molecule has 0 unspecified atom stereocenters. The highest BCUT2D eigenvalue weighted by molar-refractivity contribution is 7.21. The molecule has 140 valence electrons. The van der Waals surface area contributed by atoms with E-state index >= 15 is 0 Å². The van der Waals surface area contributed by atoms with E-state index in [2.05, 4.69) is 10.3 Å². The minimum Gasteiger partial charge on any atom is -0.486 e. The van der Waals surface area contributed by atoms with E-state index in [-0.39, 0.29) is 5.69 Å². The Morgan fingerprint density at radius 2 is 1.89 bits per heavy atom. The van der Waals surface area contributed by atoms with Crippen molar-refractivity contribution in [1.82, 2.24) is 4.98 Å². The highest BCUT2D eigenvalue weighted by Crippen LogP contribution is 2.39. The molecule has 0 atom stereocenters. The van der Waals surface area contributed by atoms with Gasteiger partial charge >= 0.3 is 0 Å². The van der Waals surface area contributed by atoms with Gasteiger partial charge < -0.3 is 20.5 Å². The van der Waals surface area contributed by atoms with Crippen LogP contribution in [0.25, 0.3) is 21.1 Å². The van der Waals surface area contributed by atoms with Gasteiger partial charge in [-0.2, -0.15) is 0 Å². The first kappa shape index (κ1) is 16.8. The second kappa shape index (κ2) is 6.35. The van der Waals surface area contributed by atoms with Gasteiger partial charge in [0, 0.05) is 16.8 Å². The Kier molecular flexibility index (Phi) is 3.80. The highest BCUT2D eigenvalue weighted by Gasteiger charge is 2.20. The van der Waals surface area contributed by atoms with E-state index in [9.17, 15) is 9.18 Å². The number of hydrogen-bond donors (Lipinski definition) is 2. The van der Waals surface area contributed by atoms with Crippen LogP contribution in [0.2, 0.25) is 0 Å². The standard InChI is InChI=1S/C20H14FN3O3S/c21-12-3-1-2-4-13(12)23-19(25)18-17(22)11-7-10-8-15-16(27-6-5-26-15)9-14(10)24-20(11)28-18/h1-4,7-9H,5-6,22H2,(H,23,25). The number of ether oxygens (including phenoxy) is 2. The number of carbonyl (C=O) groups is 1. The van der Waals surface area contributed by atoms with Crippen LogP contribution in [0.3, 0.4) is 0 Å². The largest absolute Gasteiger partial charge is 0.486 e. The number of nitrogens with two attached hydrogens (primary N) is 1. The summed E-state index contributed by atoms with van der Waals surface area (Å²) in [6, 6.07) is 11.5. The molecule has 0 radical (unpaired) electrons. The van der Waals surface area contributed by atoms with Crippen LogP contribution < -0.4 is 20.5 Å². The molecule has 1 aliphatic rings. The third-order valence-electron chi connectivity index (χ3n) is 4.51. The predicted molar refractivity (Wildman–Crippen MR) is 107 cm³/mol. The van der Waals surface area contributed by atoms with Crippen molar-refractivity contribution in [3.8, 4) is 11.5 Å². The first-order chi connectivity index (χ1) is 13.6. The molecule has 0 saturated heterocycles. The number of hydrogen-bond acceptors (Lipinski definition) is 6. The molecule has 4 aromatic rings. The zero-order chi connectivity index (χ0) is 19.3. The summed E-state index contributed by atoms with van der Waals surface area (Å²) >= 11 is 1.17. The number of amides is 1. The van der Waals surface area contributed by atoms with Gasteiger partial charge in [0.2, 0.25) is 0 Å². The molecule has 0 saturated carbocycles. The van der Waals surface area contributed by atoms with Crippen molar-refractivity contribution < 1.29 is 18.7 Å². The van der Waals surface area contributed by atoms with Crippen molar-refractivity contribution in [2.75, 3.05) is 24.3 Å². The van der Waals surface area contributed by atoms with Crippen LogP contribution in [0.5, 0.6) is 11.5 Å². The van der Waals surface area contributed by atoms with Crippen LogP contribution >= 0.6 is 11.3 Å². The Labute approximate surface area is 162 Å². The lowest BCUT2D eigenvalue weighted by atomic mass is 10.1. The van der Waals surface area contributed by atoms with Crippen LogP contribution in [0, 0.1) is 5.82 Å². The molecule has 6 nitrogen and oxygen atoms in total. The Morgan fingerprint density at radius 3 is 2.68 bits per heavy atom. The molecule has 28 heavy (non-hydrogen) atoms. The van der Waals surface area contributed by atoms with Crippen molar-refractivity contribution in [2.24, 2.45) is 0 Å². The topological polar surface area (TPSA) is 86.5 Å². The van der Waals surface area contributed by atoms with Crippen molar-refractivity contribution in [3.05, 3.63) is 53.2 Å². The van der Waals surface area contributed by atoms with Crippen molar-refractivity contribution in [2.45, 2.75) is 0 Å². The van der Waals surface area contributed by atoms with Gasteiger partial charge in [0.1, 0.15) is 28.7 Å². The van der Waals surface area contributed by atoms with Gasteiger partial charge in [0.25, 0.3) is 5.91 Å². The van der Waals surface area contributed by atoms with Crippen LogP contribution in [0.4, 0.5) is 15.8 Å². The van der Waals surface area contributed by atoms with Crippen LogP contribution in [-0.4, -0.2) is 24.1 Å². The molecule has 3 N–H and O–H groups in total. The van der Waals surface area contributed by atoms with E-state index < -0.39 is 11.7 Å². The van der Waals surface area contributed by atoms with Crippen LogP contribution in [0.15, 0.2) is 42.5 Å². The summed E-state index contributed by atoms with van der Waals surface area (Å²) in [6.45, 7) is 0.988. The van der Waals surface area contributed by atoms with Crippen LogP contribution in [-0.2, 0) is 0 Å². The lowest BCUT2D eigenvalue weighted by molar-refractivity contribution is 0.103. The van der Waals surface area contributed by atoms with E-state index in [4.69, 9.17) is 15.2 Å². The van der Waals surface area contributed by atoms with Crippen molar-refractivity contribution >= 4 is 49.7 Å². The molecule has 0 bridgehead atoms. The molecule has 1 amide bonds. The number of thiophene rings is 1. The number of rotatable bonds is 2. The average molecular weight is 395 g/mol. The highest BCUT2D eigenvalue weighted by atomic mass is 32.1. The molecule has 8 heteroatoms. The number of para-hydroxylation sites is 1. The number of nitrogen functional groups attached to an aromatic ring is 1. The van der Waals surface area contributed by atoms with E-state index in [1.807, 2.05) is 18.2 Å². The fraction of sp³-hybridized carbons (Fsp3) is 0.100. The fourth-order valence-electron chi connectivity index (χ4n) is 3.15. The summed E-state index contributed by atoms with van der Waals surface area (Å²) in [6.07, 6.45) is 0. The molecule has 0 spiro atoms. The summed E-state index contributed by atoms with van der Waals surface area (Å²) in [5.74, 6) is 0.324. The quantitative estimate of drug-likeness (QED) is 0.531. The second-order valence-electron chi connectivity index (χ2n) is 6.31. The zero-order valence-corrected chi connectivity index (χ0v) is 15.3.